The summed E-state index contributed by atoms with van der Waals surface area (Å²) in [5.74, 6) is 0.757. The molecule has 9 heavy (non-hydrogen) atoms. The highest BCUT2D eigenvalue weighted by molar-refractivity contribution is 6.17. The van der Waals surface area contributed by atoms with Crippen molar-refractivity contribution >= 4 is 11.6 Å². The molecule has 0 atom stereocenters. The Bertz CT molecular complexity index is 85.4. The fraction of sp³-hybridized carbons (Fsp3) is 0.857. The molecular weight excluding hydrogens is 134 g/mol. The summed E-state index contributed by atoms with van der Waals surface area (Å²) >= 11 is 5.45. The smallest absolute Gasteiger partial charge is 0.0621 e. The maximum atomic E-state index is 8.15. The molecule has 0 aromatic rings. The third-order valence-electron chi connectivity index (χ3n) is 1.17. The Kier molecular flexibility index (Phi) is 7.59. The van der Waals surface area contributed by atoms with Gasteiger partial charge in [-0.05, 0) is 12.8 Å². The van der Waals surface area contributed by atoms with E-state index in [1.165, 1.54) is 6.42 Å². The predicted molar refractivity (Wildman–Crippen MR) is 39.4 cm³/mol. The summed E-state index contributed by atoms with van der Waals surface area (Å²) < 4.78 is 0. The molecule has 1 nitrogen and oxygen atoms in total. The van der Waals surface area contributed by atoms with Crippen LogP contribution in [0.5, 0.6) is 0 Å². The van der Waals surface area contributed by atoms with Gasteiger partial charge in [0.15, 0.2) is 0 Å². The fourth-order valence-corrected chi connectivity index (χ4v) is 0.841. The lowest BCUT2D eigenvalue weighted by Crippen LogP contribution is -1.77. The van der Waals surface area contributed by atoms with Crippen molar-refractivity contribution in [3.05, 3.63) is 0 Å². The molecule has 0 bridgehead atoms. The van der Waals surface area contributed by atoms with Gasteiger partial charge in [-0.3, -0.25) is 0 Å². The second-order valence-corrected chi connectivity index (χ2v) is 2.39. The summed E-state index contributed by atoms with van der Waals surface area (Å²) in [6, 6.07) is 2.11. The summed E-state index contributed by atoms with van der Waals surface area (Å²) in [5, 5.41) is 8.15. The van der Waals surface area contributed by atoms with Crippen LogP contribution in [-0.4, -0.2) is 5.88 Å². The topological polar surface area (TPSA) is 23.8 Å². The molecule has 0 aliphatic rings. The minimum atomic E-state index is 0.697. The molecule has 0 rings (SSSR count). The number of nitriles is 1. The summed E-state index contributed by atoms with van der Waals surface area (Å²) in [7, 11) is 0. The van der Waals surface area contributed by atoms with Crippen LogP contribution >= 0.6 is 11.6 Å². The monoisotopic (exact) mass is 145 g/mol. The van der Waals surface area contributed by atoms with Crippen LogP contribution in [0, 0.1) is 11.3 Å². The number of rotatable bonds is 5. The van der Waals surface area contributed by atoms with Crippen molar-refractivity contribution in [2.24, 2.45) is 0 Å². The van der Waals surface area contributed by atoms with Crippen LogP contribution in [0.1, 0.15) is 32.1 Å². The Hall–Kier alpha value is -0.220. The predicted octanol–water partition coefficient (Wildman–Crippen LogP) is 2.70. The van der Waals surface area contributed by atoms with E-state index in [0.717, 1.165) is 25.1 Å². The number of unbranched alkanes of at least 4 members (excludes halogenated alkanes) is 4. The Balaban J connectivity index is 2.69. The quantitative estimate of drug-likeness (QED) is 0.431. The first-order valence-corrected chi connectivity index (χ1v) is 3.88. The number of hydrogen-bond donors (Lipinski definition) is 0. The first-order chi connectivity index (χ1) is 4.41. The largest absolute Gasteiger partial charge is 0.198 e. The van der Waals surface area contributed by atoms with Crippen LogP contribution in [0.25, 0.3) is 0 Å². The van der Waals surface area contributed by atoms with Gasteiger partial charge in [-0.1, -0.05) is 12.8 Å². The fourth-order valence-electron chi connectivity index (χ4n) is 0.652. The zero-order valence-corrected chi connectivity index (χ0v) is 6.32. The molecule has 0 aliphatic carbocycles. The highest BCUT2D eigenvalue weighted by atomic mass is 35.5. The van der Waals surface area contributed by atoms with Gasteiger partial charge in [0.25, 0.3) is 0 Å². The van der Waals surface area contributed by atoms with E-state index < -0.39 is 0 Å². The Morgan fingerprint density at radius 3 is 2.33 bits per heavy atom. The van der Waals surface area contributed by atoms with Crippen molar-refractivity contribution in [1.29, 1.82) is 5.26 Å². The third kappa shape index (κ3) is 7.78. The minimum absolute atomic E-state index is 0.697. The Morgan fingerprint density at radius 1 is 1.11 bits per heavy atom. The molecule has 0 aliphatic heterocycles. The van der Waals surface area contributed by atoms with Crippen LogP contribution in [0.4, 0.5) is 0 Å². The lowest BCUT2D eigenvalue weighted by Gasteiger charge is -1.92. The Morgan fingerprint density at radius 2 is 1.78 bits per heavy atom. The molecule has 0 aromatic heterocycles. The molecule has 0 saturated carbocycles. The summed E-state index contributed by atoms with van der Waals surface area (Å²) in [4.78, 5) is 0. The number of hydrogen-bond acceptors (Lipinski definition) is 1. The van der Waals surface area contributed by atoms with Gasteiger partial charge >= 0.3 is 0 Å². The molecule has 0 fully saturated rings. The van der Waals surface area contributed by atoms with Crippen molar-refractivity contribution in [3.8, 4) is 6.07 Å². The van der Waals surface area contributed by atoms with Crippen molar-refractivity contribution in [1.82, 2.24) is 0 Å². The standard InChI is InChI=1S/C7H12ClN/c8-6-4-2-1-3-5-7-9/h1-6H2. The van der Waals surface area contributed by atoms with Gasteiger partial charge < -0.3 is 0 Å². The van der Waals surface area contributed by atoms with E-state index in [2.05, 4.69) is 6.07 Å². The number of alkyl halides is 1. The Labute approximate surface area is 61.6 Å². The van der Waals surface area contributed by atoms with Crippen molar-refractivity contribution in [2.75, 3.05) is 5.88 Å². The van der Waals surface area contributed by atoms with Crippen molar-refractivity contribution in [3.63, 3.8) is 0 Å². The normalized spacial score (nSPS) is 8.89. The summed E-state index contributed by atoms with van der Waals surface area (Å²) in [5.41, 5.74) is 0. The van der Waals surface area contributed by atoms with E-state index in [1.54, 1.807) is 0 Å². The molecule has 0 aromatic carbocycles. The van der Waals surface area contributed by atoms with Gasteiger partial charge in [0.2, 0.25) is 0 Å². The average Bonchev–Trinajstić information content (AvgIpc) is 1.89. The highest BCUT2D eigenvalue weighted by Gasteiger charge is 1.86. The summed E-state index contributed by atoms with van der Waals surface area (Å²) in [6.07, 6.45) is 5.15. The lowest BCUT2D eigenvalue weighted by atomic mass is 10.2. The molecule has 52 valence electrons. The molecule has 0 unspecified atom stereocenters. The molecule has 2 heteroatoms. The maximum Gasteiger partial charge on any atom is 0.0621 e. The molecule has 0 spiro atoms. The van der Waals surface area contributed by atoms with Crippen LogP contribution in [0.15, 0.2) is 0 Å². The van der Waals surface area contributed by atoms with E-state index in [1.807, 2.05) is 0 Å². The third-order valence-corrected chi connectivity index (χ3v) is 1.44. The molecule has 0 amide bonds. The second kappa shape index (κ2) is 7.78. The molecule has 0 saturated heterocycles. The van der Waals surface area contributed by atoms with E-state index in [-0.39, 0.29) is 0 Å². The van der Waals surface area contributed by atoms with E-state index in [4.69, 9.17) is 16.9 Å². The van der Waals surface area contributed by atoms with Gasteiger partial charge in [0, 0.05) is 12.3 Å². The first kappa shape index (κ1) is 8.78. The van der Waals surface area contributed by atoms with Crippen LogP contribution < -0.4 is 0 Å². The zero-order chi connectivity index (χ0) is 6.95. The van der Waals surface area contributed by atoms with Crippen molar-refractivity contribution < 1.29 is 0 Å². The van der Waals surface area contributed by atoms with Gasteiger partial charge in [0.05, 0.1) is 6.07 Å². The number of halogens is 1. The number of nitrogens with zero attached hydrogens (tertiary/aromatic N) is 1. The van der Waals surface area contributed by atoms with Crippen LogP contribution in [0.3, 0.4) is 0 Å². The molecular formula is C7H12ClN. The first-order valence-electron chi connectivity index (χ1n) is 3.34. The maximum absolute atomic E-state index is 8.15. The summed E-state index contributed by atoms with van der Waals surface area (Å²) in [6.45, 7) is 0. The second-order valence-electron chi connectivity index (χ2n) is 2.01. The molecule has 0 heterocycles. The lowest BCUT2D eigenvalue weighted by molar-refractivity contribution is 0.680. The average molecular weight is 146 g/mol. The van der Waals surface area contributed by atoms with Crippen LogP contribution in [-0.2, 0) is 0 Å². The zero-order valence-electron chi connectivity index (χ0n) is 5.57. The van der Waals surface area contributed by atoms with E-state index >= 15 is 0 Å². The van der Waals surface area contributed by atoms with Crippen molar-refractivity contribution in [2.45, 2.75) is 32.1 Å². The van der Waals surface area contributed by atoms with E-state index in [9.17, 15) is 0 Å². The minimum Gasteiger partial charge on any atom is -0.198 e. The molecule has 0 N–H and O–H groups in total. The van der Waals surface area contributed by atoms with Gasteiger partial charge in [0.1, 0.15) is 0 Å². The SMILES string of the molecule is N#CCCCCCCCl. The van der Waals surface area contributed by atoms with Gasteiger partial charge in [-0.15, -0.1) is 11.6 Å². The molecule has 0 radical (unpaired) electrons. The van der Waals surface area contributed by atoms with Crippen LogP contribution in [0.2, 0.25) is 0 Å². The van der Waals surface area contributed by atoms with E-state index in [0.29, 0.717) is 6.42 Å². The van der Waals surface area contributed by atoms with Gasteiger partial charge in [-0.25, -0.2) is 0 Å². The highest BCUT2D eigenvalue weighted by Crippen LogP contribution is 2.02. The van der Waals surface area contributed by atoms with Gasteiger partial charge in [-0.2, -0.15) is 5.26 Å².